The smallest absolute Gasteiger partial charge is 0.211 e. The van der Waals surface area contributed by atoms with Crippen molar-refractivity contribution in [2.45, 2.75) is 195 Å². The quantitative estimate of drug-likeness (QED) is 0.0646. The van der Waals surface area contributed by atoms with Crippen molar-refractivity contribution in [1.82, 2.24) is 0 Å². The van der Waals surface area contributed by atoms with E-state index < -0.39 is 0 Å². The molecule has 0 radical (unpaired) electrons. The maximum Gasteiger partial charge on any atom is 0.211 e. The van der Waals surface area contributed by atoms with Crippen molar-refractivity contribution in [2.24, 2.45) is 0 Å². The number of allylic oxidation sites excluding steroid dienone is 2. The van der Waals surface area contributed by atoms with Crippen LogP contribution in [0.15, 0.2) is 59.7 Å². The predicted molar refractivity (Wildman–Crippen MR) is 211 cm³/mol. The van der Waals surface area contributed by atoms with E-state index in [0.717, 1.165) is 49.9 Å². The lowest BCUT2D eigenvalue weighted by atomic mass is 9.91. The van der Waals surface area contributed by atoms with Gasteiger partial charge in [0, 0.05) is 22.3 Å². The summed E-state index contributed by atoms with van der Waals surface area (Å²) in [7, 11) is 0. The van der Waals surface area contributed by atoms with Gasteiger partial charge in [0.25, 0.3) is 0 Å². The molecular weight excluding hydrogens is 581 g/mol. The Hall–Kier alpha value is -2.48. The molecule has 2 nitrogen and oxygen atoms in total. The van der Waals surface area contributed by atoms with E-state index in [1.807, 2.05) is 0 Å². The largest absolute Gasteiger partial charge is 0.493 e. The molecule has 266 valence electrons. The normalized spacial score (nSPS) is 13.4. The number of nitrogens with zero attached hydrogens (tertiary/aromatic N) is 2. The molecule has 0 bridgehead atoms. The van der Waals surface area contributed by atoms with Crippen molar-refractivity contribution >= 4 is 11.4 Å². The molecular formula is C46H72N2. The molecule has 0 spiro atoms. The molecule has 2 heteroatoms. The van der Waals surface area contributed by atoms with Crippen LogP contribution in [0.3, 0.4) is 0 Å². The first-order valence-corrected chi connectivity index (χ1v) is 20.8. The van der Waals surface area contributed by atoms with Crippen molar-refractivity contribution in [1.29, 1.82) is 0 Å². The van der Waals surface area contributed by atoms with E-state index in [-0.39, 0.29) is 0 Å². The van der Waals surface area contributed by atoms with E-state index in [9.17, 15) is 5.53 Å². The Morgan fingerprint density at radius 2 is 0.729 bits per heavy atom. The Bertz CT molecular complexity index is 1250. The van der Waals surface area contributed by atoms with Gasteiger partial charge in [0.15, 0.2) is 0 Å². The van der Waals surface area contributed by atoms with Crippen molar-refractivity contribution < 1.29 is 4.70 Å². The van der Waals surface area contributed by atoms with Crippen LogP contribution < -0.4 is 0 Å². The summed E-state index contributed by atoms with van der Waals surface area (Å²) in [5.74, 6) is 0. The summed E-state index contributed by atoms with van der Waals surface area (Å²) in [6.07, 6.45) is 33.1. The highest BCUT2D eigenvalue weighted by molar-refractivity contribution is 5.82. The maximum absolute atomic E-state index is 12.2. The standard InChI is InChI=1S/C46H72N2/c1-5-9-13-16-19-21-24-29-39-31-27-33-41(37-39)45-43(35-12-8-4)44(36-26-23-18-15-11-7-3)46(48(45)47)42-34-28-32-40(38-42)30-25-22-20-17-14-10-6-2/h27-28,31-34,37-38H,5-26,29-30,35-36H2,1-4H3. The van der Waals surface area contributed by atoms with Crippen LogP contribution in [0.4, 0.5) is 0 Å². The molecule has 2 aromatic carbocycles. The zero-order chi connectivity index (χ0) is 34.2. The van der Waals surface area contributed by atoms with Crippen molar-refractivity contribution in [2.75, 3.05) is 0 Å². The highest BCUT2D eigenvalue weighted by Crippen LogP contribution is 2.44. The molecule has 0 unspecified atom stereocenters. The van der Waals surface area contributed by atoms with Crippen molar-refractivity contribution in [3.63, 3.8) is 0 Å². The lowest BCUT2D eigenvalue weighted by Crippen LogP contribution is -2.03. The van der Waals surface area contributed by atoms with E-state index >= 15 is 0 Å². The van der Waals surface area contributed by atoms with Crippen LogP contribution in [0.2, 0.25) is 0 Å². The summed E-state index contributed by atoms with van der Waals surface area (Å²) in [4.78, 5) is 0. The summed E-state index contributed by atoms with van der Waals surface area (Å²) in [6, 6.07) is 18.3. The molecule has 0 aromatic heterocycles. The second-order valence-corrected chi connectivity index (χ2v) is 14.7. The monoisotopic (exact) mass is 653 g/mol. The van der Waals surface area contributed by atoms with Gasteiger partial charge in [-0.05, 0) is 86.8 Å². The summed E-state index contributed by atoms with van der Waals surface area (Å²) >= 11 is 0. The predicted octanol–water partition coefficient (Wildman–Crippen LogP) is 15.4. The van der Waals surface area contributed by atoms with E-state index in [2.05, 4.69) is 76.2 Å². The minimum atomic E-state index is 1.03. The molecule has 48 heavy (non-hydrogen) atoms. The number of unbranched alkanes of at least 4 members (excludes halogenated alkanes) is 18. The first-order valence-electron chi connectivity index (χ1n) is 20.8. The summed E-state index contributed by atoms with van der Waals surface area (Å²) in [6.45, 7) is 9.17. The average molecular weight is 653 g/mol. The maximum atomic E-state index is 12.2. The van der Waals surface area contributed by atoms with Crippen LogP contribution in [0, 0.1) is 0 Å². The van der Waals surface area contributed by atoms with Gasteiger partial charge in [0.05, 0.1) is 0 Å². The fraction of sp³-hybridized carbons (Fsp3) is 0.652. The Kier molecular flexibility index (Phi) is 20.5. The van der Waals surface area contributed by atoms with Crippen LogP contribution >= 0.6 is 0 Å². The molecule has 0 saturated heterocycles. The van der Waals surface area contributed by atoms with Gasteiger partial charge < -0.3 is 5.53 Å². The van der Waals surface area contributed by atoms with Gasteiger partial charge in [-0.2, -0.15) is 0 Å². The second kappa shape index (κ2) is 24.6. The third-order valence-electron chi connectivity index (χ3n) is 10.5. The lowest BCUT2D eigenvalue weighted by Gasteiger charge is -2.12. The molecule has 0 atom stereocenters. The first-order chi connectivity index (χ1) is 23.6. The van der Waals surface area contributed by atoms with Crippen LogP contribution in [-0.2, 0) is 12.8 Å². The van der Waals surface area contributed by atoms with Crippen LogP contribution in [-0.4, -0.2) is 4.70 Å². The van der Waals surface area contributed by atoms with E-state index in [4.69, 9.17) is 0 Å². The summed E-state index contributed by atoms with van der Waals surface area (Å²) < 4.78 is 1.61. The highest BCUT2D eigenvalue weighted by Gasteiger charge is 2.35. The minimum Gasteiger partial charge on any atom is -0.493 e. The number of rotatable bonds is 28. The SMILES string of the molecule is CCCCCCCCCc1cccc(C2=C(CCCC)C(CCCCCCCC)=C(c3cccc(CCCCCCCCC)c3)[N+]2=[N-])c1. The highest BCUT2D eigenvalue weighted by atomic mass is 15.2. The zero-order valence-electron chi connectivity index (χ0n) is 31.9. The molecule has 2 aromatic rings. The van der Waals surface area contributed by atoms with Crippen LogP contribution in [0.1, 0.15) is 204 Å². The van der Waals surface area contributed by atoms with E-state index in [0.29, 0.717) is 0 Å². The minimum absolute atomic E-state index is 1.03. The number of benzene rings is 2. The van der Waals surface area contributed by atoms with E-state index in [1.165, 1.54) is 162 Å². The average Bonchev–Trinajstić information content (AvgIpc) is 3.38. The molecule has 3 rings (SSSR count). The topological polar surface area (TPSA) is 25.3 Å². The molecule has 0 N–H and O–H groups in total. The molecule has 0 fully saturated rings. The first kappa shape index (κ1) is 40.0. The summed E-state index contributed by atoms with van der Waals surface area (Å²) in [5, 5.41) is 0. The van der Waals surface area contributed by atoms with Gasteiger partial charge in [-0.3, -0.25) is 0 Å². The number of hydrogen-bond acceptors (Lipinski definition) is 0. The molecule has 1 heterocycles. The van der Waals surface area contributed by atoms with Crippen LogP contribution in [0.25, 0.3) is 16.9 Å². The molecule has 0 aliphatic carbocycles. The van der Waals surface area contributed by atoms with Crippen LogP contribution in [0.5, 0.6) is 0 Å². The van der Waals surface area contributed by atoms with Gasteiger partial charge in [-0.15, -0.1) is 0 Å². The fourth-order valence-electron chi connectivity index (χ4n) is 7.54. The fourth-order valence-corrected chi connectivity index (χ4v) is 7.54. The lowest BCUT2D eigenvalue weighted by molar-refractivity contribution is -0.345. The van der Waals surface area contributed by atoms with Gasteiger partial charge in [-0.25, -0.2) is 4.70 Å². The Morgan fingerprint density at radius 3 is 1.12 bits per heavy atom. The Morgan fingerprint density at radius 1 is 0.396 bits per heavy atom. The molecule has 1 aliphatic heterocycles. The number of aryl methyl sites for hydroxylation is 2. The van der Waals surface area contributed by atoms with Gasteiger partial charge in [-0.1, -0.05) is 168 Å². The Balaban J connectivity index is 1.84. The number of hydrogen-bond donors (Lipinski definition) is 0. The Labute approximate surface area is 297 Å². The van der Waals surface area contributed by atoms with Gasteiger partial charge in [0.2, 0.25) is 11.4 Å². The molecule has 0 saturated carbocycles. The van der Waals surface area contributed by atoms with Crippen molar-refractivity contribution in [3.05, 3.63) is 87.5 Å². The molecule has 0 amide bonds. The third-order valence-corrected chi connectivity index (χ3v) is 10.5. The van der Waals surface area contributed by atoms with Gasteiger partial charge in [0.1, 0.15) is 0 Å². The molecule has 1 aliphatic rings. The van der Waals surface area contributed by atoms with Crippen molar-refractivity contribution in [3.8, 4) is 0 Å². The van der Waals surface area contributed by atoms with Gasteiger partial charge >= 0.3 is 0 Å². The second-order valence-electron chi connectivity index (χ2n) is 14.7. The van der Waals surface area contributed by atoms with E-state index in [1.54, 1.807) is 4.70 Å². The zero-order valence-corrected chi connectivity index (χ0v) is 31.9. The third kappa shape index (κ3) is 13.8. The summed E-state index contributed by atoms with van der Waals surface area (Å²) in [5.41, 5.74) is 22.2.